The Hall–Kier alpha value is -0.420. The minimum absolute atomic E-state index is 0.0278. The average molecular weight is 262 g/mol. The first-order valence-electron chi connectivity index (χ1n) is 3.95. The molecular formula is C8H12BrN3S. The summed E-state index contributed by atoms with van der Waals surface area (Å²) >= 11 is 8.36. The second-order valence-electron chi connectivity index (χ2n) is 3.01. The molecule has 72 valence electrons. The van der Waals surface area contributed by atoms with Crippen molar-refractivity contribution in [2.75, 3.05) is 0 Å². The van der Waals surface area contributed by atoms with Gasteiger partial charge in [0.15, 0.2) is 0 Å². The molecule has 3 nitrogen and oxygen atoms in total. The molecule has 0 aliphatic rings. The quantitative estimate of drug-likeness (QED) is 0.830. The molecule has 0 bridgehead atoms. The predicted molar refractivity (Wildman–Crippen MR) is 60.9 cm³/mol. The van der Waals surface area contributed by atoms with Gasteiger partial charge in [-0.2, -0.15) is 5.10 Å². The van der Waals surface area contributed by atoms with Crippen LogP contribution in [0.25, 0.3) is 0 Å². The van der Waals surface area contributed by atoms with Crippen LogP contribution in [0.4, 0.5) is 0 Å². The largest absolute Gasteiger partial charge is 0.392 e. The third kappa shape index (κ3) is 1.91. The molecule has 1 heterocycles. The van der Waals surface area contributed by atoms with Crippen molar-refractivity contribution in [2.45, 2.75) is 26.8 Å². The van der Waals surface area contributed by atoms with Gasteiger partial charge in [0, 0.05) is 0 Å². The Morgan fingerprint density at radius 3 is 2.46 bits per heavy atom. The lowest BCUT2D eigenvalue weighted by atomic mass is 10.3. The van der Waals surface area contributed by atoms with Gasteiger partial charge in [0.25, 0.3) is 0 Å². The summed E-state index contributed by atoms with van der Waals surface area (Å²) in [7, 11) is 0. The van der Waals surface area contributed by atoms with Gasteiger partial charge >= 0.3 is 0 Å². The van der Waals surface area contributed by atoms with Gasteiger partial charge in [-0.05, 0) is 36.7 Å². The summed E-state index contributed by atoms with van der Waals surface area (Å²) in [6, 6.07) is -0.0278. The van der Waals surface area contributed by atoms with E-state index in [4.69, 9.17) is 18.0 Å². The van der Waals surface area contributed by atoms with Crippen LogP contribution in [0.5, 0.6) is 0 Å². The Bertz CT molecular complexity index is 345. The van der Waals surface area contributed by atoms with Gasteiger partial charge in [-0.3, -0.25) is 4.68 Å². The van der Waals surface area contributed by atoms with Crippen LogP contribution in [0.15, 0.2) is 4.47 Å². The van der Waals surface area contributed by atoms with Crippen molar-refractivity contribution < 1.29 is 0 Å². The van der Waals surface area contributed by atoms with Crippen molar-refractivity contribution in [1.29, 1.82) is 0 Å². The molecule has 0 aliphatic heterocycles. The third-order valence-electron chi connectivity index (χ3n) is 2.02. The number of nitrogens with two attached hydrogens (primary N) is 1. The van der Waals surface area contributed by atoms with Crippen LogP contribution < -0.4 is 5.73 Å². The van der Waals surface area contributed by atoms with E-state index in [9.17, 15) is 0 Å². The molecule has 13 heavy (non-hydrogen) atoms. The van der Waals surface area contributed by atoms with E-state index in [0.29, 0.717) is 4.99 Å². The Morgan fingerprint density at radius 1 is 1.62 bits per heavy atom. The molecule has 1 unspecified atom stereocenters. The van der Waals surface area contributed by atoms with Crippen LogP contribution in [0.1, 0.15) is 24.4 Å². The first-order chi connectivity index (χ1) is 5.95. The second kappa shape index (κ2) is 3.75. The monoisotopic (exact) mass is 261 g/mol. The van der Waals surface area contributed by atoms with E-state index < -0.39 is 0 Å². The lowest BCUT2D eigenvalue weighted by molar-refractivity contribution is 0.589. The maximum Gasteiger partial charge on any atom is 0.0992 e. The summed E-state index contributed by atoms with van der Waals surface area (Å²) < 4.78 is 2.86. The number of hydrogen-bond donors (Lipinski definition) is 1. The Morgan fingerprint density at radius 2 is 2.15 bits per heavy atom. The number of hydrogen-bond acceptors (Lipinski definition) is 2. The Labute approximate surface area is 91.4 Å². The van der Waals surface area contributed by atoms with Crippen LogP contribution in [-0.4, -0.2) is 14.8 Å². The molecular weight excluding hydrogens is 250 g/mol. The number of thiocarbonyl (C=S) groups is 1. The minimum atomic E-state index is -0.0278. The van der Waals surface area contributed by atoms with Gasteiger partial charge in [-0.25, -0.2) is 0 Å². The molecule has 0 fully saturated rings. The number of nitrogens with zero attached hydrogens (tertiary/aromatic N) is 2. The average Bonchev–Trinajstić information content (AvgIpc) is 2.31. The molecule has 0 aliphatic carbocycles. The van der Waals surface area contributed by atoms with E-state index in [1.165, 1.54) is 0 Å². The zero-order chi connectivity index (χ0) is 10.2. The molecule has 0 amide bonds. The summed E-state index contributed by atoms with van der Waals surface area (Å²) in [4.78, 5) is 0.457. The summed E-state index contributed by atoms with van der Waals surface area (Å²) in [5.74, 6) is 0. The fourth-order valence-electron chi connectivity index (χ4n) is 1.14. The highest BCUT2D eigenvalue weighted by Gasteiger charge is 2.15. The molecule has 1 rings (SSSR count). The fraction of sp³-hybridized carbons (Fsp3) is 0.500. The van der Waals surface area contributed by atoms with Gasteiger partial charge in [0.2, 0.25) is 0 Å². The summed E-state index contributed by atoms with van der Waals surface area (Å²) in [6.45, 7) is 5.87. The van der Waals surface area contributed by atoms with Crippen molar-refractivity contribution in [3.63, 3.8) is 0 Å². The molecule has 0 aromatic carbocycles. The van der Waals surface area contributed by atoms with Crippen LogP contribution in [-0.2, 0) is 0 Å². The number of aromatic nitrogens is 2. The third-order valence-corrected chi connectivity index (χ3v) is 3.50. The maximum atomic E-state index is 5.55. The zero-order valence-electron chi connectivity index (χ0n) is 7.84. The standard InChI is InChI=1S/C8H12BrN3S/c1-4-7(9)5(2)12(11-4)6(3)8(10)13/h6H,1-3H3,(H2,10,13). The van der Waals surface area contributed by atoms with E-state index >= 15 is 0 Å². The highest BCUT2D eigenvalue weighted by atomic mass is 79.9. The second-order valence-corrected chi connectivity index (χ2v) is 4.27. The van der Waals surface area contributed by atoms with Gasteiger partial charge in [0.1, 0.15) is 0 Å². The van der Waals surface area contributed by atoms with Crippen molar-refractivity contribution in [1.82, 2.24) is 9.78 Å². The number of halogens is 1. The van der Waals surface area contributed by atoms with Crippen LogP contribution >= 0.6 is 28.1 Å². The molecule has 0 saturated carbocycles. The topological polar surface area (TPSA) is 43.8 Å². The highest BCUT2D eigenvalue weighted by Crippen LogP contribution is 2.22. The van der Waals surface area contributed by atoms with E-state index in [-0.39, 0.29) is 6.04 Å². The molecule has 2 N–H and O–H groups in total. The smallest absolute Gasteiger partial charge is 0.0992 e. The number of aryl methyl sites for hydroxylation is 1. The van der Waals surface area contributed by atoms with Gasteiger partial charge in [-0.1, -0.05) is 12.2 Å². The van der Waals surface area contributed by atoms with Crippen molar-refractivity contribution in [3.05, 3.63) is 15.9 Å². The lowest BCUT2D eigenvalue weighted by Gasteiger charge is -2.11. The van der Waals surface area contributed by atoms with Crippen LogP contribution in [0, 0.1) is 13.8 Å². The highest BCUT2D eigenvalue weighted by molar-refractivity contribution is 9.10. The molecule has 5 heteroatoms. The normalized spacial score (nSPS) is 12.9. The molecule has 1 aromatic rings. The molecule has 1 atom stereocenters. The lowest BCUT2D eigenvalue weighted by Crippen LogP contribution is -2.23. The first-order valence-corrected chi connectivity index (χ1v) is 5.15. The maximum absolute atomic E-state index is 5.55. The summed E-state index contributed by atoms with van der Waals surface area (Å²) in [6.07, 6.45) is 0. The minimum Gasteiger partial charge on any atom is -0.392 e. The van der Waals surface area contributed by atoms with E-state index in [1.807, 2.05) is 25.5 Å². The summed E-state index contributed by atoms with van der Waals surface area (Å²) in [5.41, 5.74) is 7.56. The predicted octanol–water partition coefficient (Wildman–Crippen LogP) is 2.11. The SMILES string of the molecule is Cc1nn(C(C)C(N)=S)c(C)c1Br. The molecule has 0 spiro atoms. The van der Waals surface area contributed by atoms with Crippen LogP contribution in [0.2, 0.25) is 0 Å². The van der Waals surface area contributed by atoms with E-state index in [1.54, 1.807) is 0 Å². The fourth-order valence-corrected chi connectivity index (χ4v) is 1.50. The molecule has 0 radical (unpaired) electrons. The zero-order valence-corrected chi connectivity index (χ0v) is 10.2. The number of rotatable bonds is 2. The Kier molecular flexibility index (Phi) is 3.08. The van der Waals surface area contributed by atoms with E-state index in [2.05, 4.69) is 21.0 Å². The van der Waals surface area contributed by atoms with Crippen LogP contribution in [0.3, 0.4) is 0 Å². The molecule has 1 aromatic heterocycles. The van der Waals surface area contributed by atoms with Gasteiger partial charge < -0.3 is 5.73 Å². The molecule has 0 saturated heterocycles. The van der Waals surface area contributed by atoms with E-state index in [0.717, 1.165) is 15.9 Å². The first kappa shape index (κ1) is 10.7. The van der Waals surface area contributed by atoms with Gasteiger partial charge in [-0.15, -0.1) is 0 Å². The van der Waals surface area contributed by atoms with Crippen molar-refractivity contribution in [3.8, 4) is 0 Å². The Balaban J connectivity index is 3.15. The van der Waals surface area contributed by atoms with Crippen molar-refractivity contribution >= 4 is 33.1 Å². The van der Waals surface area contributed by atoms with Crippen molar-refractivity contribution in [2.24, 2.45) is 5.73 Å². The van der Waals surface area contributed by atoms with Gasteiger partial charge in [0.05, 0.1) is 26.9 Å². The summed E-state index contributed by atoms with van der Waals surface area (Å²) in [5, 5.41) is 4.33.